The number of amides is 1. The van der Waals surface area contributed by atoms with Crippen molar-refractivity contribution in [2.75, 3.05) is 5.73 Å². The van der Waals surface area contributed by atoms with Crippen molar-refractivity contribution in [2.45, 2.75) is 13.0 Å². The highest BCUT2D eigenvalue weighted by Crippen LogP contribution is 2.26. The summed E-state index contributed by atoms with van der Waals surface area (Å²) in [5.74, 6) is 0.423. The van der Waals surface area contributed by atoms with Crippen molar-refractivity contribution in [2.24, 2.45) is 7.05 Å². The van der Waals surface area contributed by atoms with E-state index in [0.29, 0.717) is 16.5 Å². The van der Waals surface area contributed by atoms with Crippen LogP contribution in [0.4, 0.5) is 5.95 Å². The second-order valence-electron chi connectivity index (χ2n) is 5.04. The van der Waals surface area contributed by atoms with Crippen molar-refractivity contribution in [1.82, 2.24) is 25.1 Å². The normalized spacial score (nSPS) is 12.5. The smallest absolute Gasteiger partial charge is 0.268 e. The Morgan fingerprint density at radius 2 is 2.27 bits per heavy atom. The first-order valence-electron chi connectivity index (χ1n) is 6.70. The number of benzene rings is 1. The van der Waals surface area contributed by atoms with Gasteiger partial charge in [0.1, 0.15) is 11.5 Å². The van der Waals surface area contributed by atoms with E-state index in [0.717, 1.165) is 10.9 Å². The minimum atomic E-state index is -0.342. The number of nitrogens with one attached hydrogen (secondary N) is 2. The Bertz CT molecular complexity index is 852. The Morgan fingerprint density at radius 1 is 1.50 bits per heavy atom. The van der Waals surface area contributed by atoms with Gasteiger partial charge in [-0.05, 0) is 19.1 Å². The van der Waals surface area contributed by atoms with Gasteiger partial charge in [-0.1, -0.05) is 23.7 Å². The van der Waals surface area contributed by atoms with E-state index in [2.05, 4.69) is 20.5 Å². The van der Waals surface area contributed by atoms with Crippen LogP contribution in [0, 0.1) is 0 Å². The first-order chi connectivity index (χ1) is 10.5. The van der Waals surface area contributed by atoms with Gasteiger partial charge in [-0.25, -0.2) is 0 Å². The van der Waals surface area contributed by atoms with Gasteiger partial charge in [0.25, 0.3) is 5.91 Å². The largest absolute Gasteiger partial charge is 0.367 e. The highest BCUT2D eigenvalue weighted by atomic mass is 35.5. The molecule has 3 rings (SSSR count). The van der Waals surface area contributed by atoms with Crippen LogP contribution in [-0.2, 0) is 7.05 Å². The van der Waals surface area contributed by atoms with Crippen LogP contribution in [0.3, 0.4) is 0 Å². The lowest BCUT2D eigenvalue weighted by Gasteiger charge is -2.11. The third-order valence-electron chi connectivity index (χ3n) is 3.52. The fourth-order valence-electron chi connectivity index (χ4n) is 2.41. The Hall–Kier alpha value is -2.54. The Morgan fingerprint density at radius 3 is 2.91 bits per heavy atom. The van der Waals surface area contributed by atoms with Crippen LogP contribution in [0.1, 0.15) is 29.3 Å². The van der Waals surface area contributed by atoms with Crippen molar-refractivity contribution in [3.05, 3.63) is 40.8 Å². The molecule has 1 amide bonds. The van der Waals surface area contributed by atoms with Crippen LogP contribution < -0.4 is 11.1 Å². The van der Waals surface area contributed by atoms with Gasteiger partial charge in [0, 0.05) is 12.4 Å². The SMILES string of the molecule is C[C@@H](NC(=O)c1cc2cccc(Cl)c2n1C)c1nc(N)n[nH]1. The lowest BCUT2D eigenvalue weighted by molar-refractivity contribution is 0.0930. The molecule has 2 heterocycles. The van der Waals surface area contributed by atoms with Crippen molar-refractivity contribution < 1.29 is 4.79 Å². The number of para-hydroxylation sites is 1. The number of carbonyl (C=O) groups is 1. The zero-order valence-electron chi connectivity index (χ0n) is 12.1. The minimum Gasteiger partial charge on any atom is -0.367 e. The molecule has 1 atom stereocenters. The summed E-state index contributed by atoms with van der Waals surface area (Å²) >= 11 is 6.20. The highest BCUT2D eigenvalue weighted by molar-refractivity contribution is 6.35. The van der Waals surface area contributed by atoms with Gasteiger partial charge in [0.05, 0.1) is 16.6 Å². The number of nitrogens with zero attached hydrogens (tertiary/aromatic N) is 3. The predicted molar refractivity (Wildman–Crippen MR) is 84.6 cm³/mol. The van der Waals surface area contributed by atoms with Gasteiger partial charge in [0.15, 0.2) is 0 Å². The summed E-state index contributed by atoms with van der Waals surface area (Å²) in [6.07, 6.45) is 0. The number of aryl methyl sites for hydroxylation is 1. The van der Waals surface area contributed by atoms with Crippen molar-refractivity contribution in [3.8, 4) is 0 Å². The summed E-state index contributed by atoms with van der Waals surface area (Å²) in [6.45, 7) is 1.80. The van der Waals surface area contributed by atoms with Gasteiger partial charge < -0.3 is 15.6 Å². The van der Waals surface area contributed by atoms with Gasteiger partial charge >= 0.3 is 0 Å². The lowest BCUT2D eigenvalue weighted by Crippen LogP contribution is -2.28. The summed E-state index contributed by atoms with van der Waals surface area (Å²) in [7, 11) is 1.81. The molecule has 0 aliphatic carbocycles. The summed E-state index contributed by atoms with van der Waals surface area (Å²) in [6, 6.07) is 7.03. The molecule has 1 aromatic carbocycles. The van der Waals surface area contributed by atoms with Gasteiger partial charge in [-0.3, -0.25) is 9.89 Å². The second kappa shape index (κ2) is 5.34. The molecule has 0 radical (unpaired) electrons. The zero-order valence-corrected chi connectivity index (χ0v) is 12.8. The number of halogens is 1. The summed E-state index contributed by atoms with van der Waals surface area (Å²) in [4.78, 5) is 16.5. The monoisotopic (exact) mass is 318 g/mol. The molecule has 0 aliphatic rings. The minimum absolute atomic E-state index is 0.146. The van der Waals surface area contributed by atoms with E-state index >= 15 is 0 Å². The maximum Gasteiger partial charge on any atom is 0.268 e. The van der Waals surface area contributed by atoms with Gasteiger partial charge in [-0.2, -0.15) is 4.98 Å². The number of aromatic nitrogens is 4. The van der Waals surface area contributed by atoms with Crippen LogP contribution in [0.25, 0.3) is 10.9 Å². The van der Waals surface area contributed by atoms with E-state index < -0.39 is 0 Å². The molecular formula is C14H15ClN6O. The molecule has 4 N–H and O–H groups in total. The number of aromatic amines is 1. The van der Waals surface area contributed by atoms with Gasteiger partial charge in [0.2, 0.25) is 5.95 Å². The van der Waals surface area contributed by atoms with E-state index in [9.17, 15) is 4.79 Å². The van der Waals surface area contributed by atoms with Crippen molar-refractivity contribution in [3.63, 3.8) is 0 Å². The number of H-pyrrole nitrogens is 1. The number of hydrogen-bond donors (Lipinski definition) is 3. The molecule has 0 unspecified atom stereocenters. The summed E-state index contributed by atoms with van der Waals surface area (Å²) in [5.41, 5.74) is 6.81. The molecular weight excluding hydrogens is 304 g/mol. The maximum atomic E-state index is 12.5. The van der Waals surface area contributed by atoms with Crippen LogP contribution >= 0.6 is 11.6 Å². The molecule has 0 bridgehead atoms. The molecule has 0 saturated carbocycles. The predicted octanol–water partition coefficient (Wildman–Crippen LogP) is 2.02. The number of nitrogen functional groups attached to an aromatic ring is 1. The standard InChI is InChI=1S/C14H15ClN6O/c1-7(12-18-14(16)20-19-12)17-13(22)10-6-8-4-3-5-9(15)11(8)21(10)2/h3-7H,1-2H3,(H,17,22)(H3,16,18,19,20)/t7-/m1/s1. The van der Waals surface area contributed by atoms with Crippen molar-refractivity contribution in [1.29, 1.82) is 0 Å². The third kappa shape index (κ3) is 2.39. The number of nitrogens with two attached hydrogens (primary N) is 1. The number of rotatable bonds is 3. The molecule has 0 saturated heterocycles. The first kappa shape index (κ1) is 14.4. The topological polar surface area (TPSA) is 102 Å². The Kier molecular flexibility index (Phi) is 3.50. The van der Waals surface area contributed by atoms with Crippen molar-refractivity contribution >= 4 is 34.4 Å². The van der Waals surface area contributed by atoms with E-state index in [-0.39, 0.29) is 17.9 Å². The fourth-order valence-corrected chi connectivity index (χ4v) is 2.71. The average Bonchev–Trinajstić information content (AvgIpc) is 3.04. The van der Waals surface area contributed by atoms with E-state index in [4.69, 9.17) is 17.3 Å². The molecule has 0 aliphatic heterocycles. The molecule has 22 heavy (non-hydrogen) atoms. The second-order valence-corrected chi connectivity index (χ2v) is 5.45. The molecule has 114 valence electrons. The number of hydrogen-bond acceptors (Lipinski definition) is 4. The number of anilines is 1. The molecule has 7 nitrogen and oxygen atoms in total. The average molecular weight is 319 g/mol. The van der Waals surface area contributed by atoms with E-state index in [1.807, 2.05) is 12.1 Å². The number of fused-ring (bicyclic) bond motifs is 1. The Balaban J connectivity index is 1.89. The zero-order chi connectivity index (χ0) is 15.9. The van der Waals surface area contributed by atoms with Crippen LogP contribution in [-0.4, -0.2) is 25.7 Å². The van der Waals surface area contributed by atoms with Crippen LogP contribution in [0.15, 0.2) is 24.3 Å². The molecule has 0 spiro atoms. The van der Waals surface area contributed by atoms with Gasteiger partial charge in [-0.15, -0.1) is 5.10 Å². The highest BCUT2D eigenvalue weighted by Gasteiger charge is 2.18. The number of carbonyl (C=O) groups excluding carboxylic acids is 1. The van der Waals surface area contributed by atoms with Crippen LogP contribution in [0.2, 0.25) is 5.02 Å². The molecule has 3 aromatic rings. The summed E-state index contributed by atoms with van der Waals surface area (Å²) < 4.78 is 1.77. The Labute approximate surface area is 131 Å². The summed E-state index contributed by atoms with van der Waals surface area (Å²) in [5, 5.41) is 10.8. The fraction of sp³-hybridized carbons (Fsp3) is 0.214. The van der Waals surface area contributed by atoms with E-state index in [1.54, 1.807) is 30.7 Å². The van der Waals surface area contributed by atoms with E-state index in [1.165, 1.54) is 0 Å². The third-order valence-corrected chi connectivity index (χ3v) is 3.82. The van der Waals surface area contributed by atoms with Crippen LogP contribution in [0.5, 0.6) is 0 Å². The maximum absolute atomic E-state index is 12.5. The molecule has 0 fully saturated rings. The lowest BCUT2D eigenvalue weighted by atomic mass is 10.2. The quantitative estimate of drug-likeness (QED) is 0.687. The molecule has 2 aromatic heterocycles. The molecule has 8 heteroatoms. The first-order valence-corrected chi connectivity index (χ1v) is 7.07.